The summed E-state index contributed by atoms with van der Waals surface area (Å²) in [4.78, 5) is 18.7. The van der Waals surface area contributed by atoms with E-state index in [0.29, 0.717) is 24.9 Å². The Morgan fingerprint density at radius 1 is 1.28 bits per heavy atom. The summed E-state index contributed by atoms with van der Waals surface area (Å²) in [6, 6.07) is 3.45. The molecule has 0 amide bonds. The summed E-state index contributed by atoms with van der Waals surface area (Å²) in [5.74, 6) is 2.11. The molecule has 1 fully saturated rings. The fourth-order valence-electron chi connectivity index (χ4n) is 2.90. The molecule has 2 aromatic rings. The third-order valence-corrected chi connectivity index (χ3v) is 4.46. The molecule has 0 spiro atoms. The van der Waals surface area contributed by atoms with Crippen molar-refractivity contribution in [1.29, 1.82) is 0 Å². The van der Waals surface area contributed by atoms with Gasteiger partial charge < -0.3 is 4.52 Å². The van der Waals surface area contributed by atoms with E-state index in [9.17, 15) is 4.79 Å². The van der Waals surface area contributed by atoms with Crippen molar-refractivity contribution >= 4 is 0 Å². The maximum atomic E-state index is 12.1. The molecule has 0 aromatic carbocycles. The molecule has 0 atom stereocenters. The lowest BCUT2D eigenvalue weighted by molar-refractivity contribution is 0.0656. The Hall–Kier alpha value is -2.02. The highest BCUT2D eigenvalue weighted by atomic mass is 16.5. The summed E-state index contributed by atoms with van der Waals surface area (Å²) in [7, 11) is 0. The van der Waals surface area contributed by atoms with Crippen LogP contribution in [0.25, 0.3) is 0 Å². The molecule has 1 aliphatic heterocycles. The van der Waals surface area contributed by atoms with Crippen LogP contribution in [0.3, 0.4) is 0 Å². The Balaban J connectivity index is 1.56. The van der Waals surface area contributed by atoms with Gasteiger partial charge in [-0.15, -0.1) is 0 Å². The van der Waals surface area contributed by atoms with Gasteiger partial charge in [-0.3, -0.25) is 9.69 Å². The Labute approximate surface area is 148 Å². The molecule has 3 heterocycles. The number of rotatable bonds is 5. The molecule has 1 aliphatic rings. The van der Waals surface area contributed by atoms with Crippen LogP contribution in [0.5, 0.6) is 0 Å². The van der Waals surface area contributed by atoms with Crippen LogP contribution in [0.4, 0.5) is 0 Å². The van der Waals surface area contributed by atoms with Crippen LogP contribution in [-0.4, -0.2) is 37.9 Å². The highest BCUT2D eigenvalue weighted by molar-refractivity contribution is 5.10. The van der Waals surface area contributed by atoms with E-state index in [0.717, 1.165) is 24.6 Å². The Morgan fingerprint density at radius 2 is 2.00 bits per heavy atom. The van der Waals surface area contributed by atoms with E-state index in [1.807, 2.05) is 19.9 Å². The largest absolute Gasteiger partial charge is 0.338 e. The molecule has 25 heavy (non-hydrogen) atoms. The lowest BCUT2D eigenvalue weighted by Crippen LogP contribution is -2.49. The van der Waals surface area contributed by atoms with Gasteiger partial charge in [0.15, 0.2) is 5.82 Å². The molecule has 136 valence electrons. The van der Waals surface area contributed by atoms with Gasteiger partial charge in [0, 0.05) is 36.4 Å². The Morgan fingerprint density at radius 3 is 2.60 bits per heavy atom. The van der Waals surface area contributed by atoms with E-state index < -0.39 is 0 Å². The van der Waals surface area contributed by atoms with Crippen LogP contribution < -0.4 is 5.56 Å². The molecule has 2 aromatic heterocycles. The Kier molecular flexibility index (Phi) is 4.77. The van der Waals surface area contributed by atoms with E-state index in [1.54, 1.807) is 10.7 Å². The standard InChI is InChI=1S/C18H27N5O2/c1-12(2)17-19-15(25-21-17)11-22-8-13(9-22)10-23-16(24)7-6-14(20-23)18(3,4)5/h6-7,12-13H,8-11H2,1-5H3. The van der Waals surface area contributed by atoms with Crippen LogP contribution in [-0.2, 0) is 18.5 Å². The molecule has 7 nitrogen and oxygen atoms in total. The van der Waals surface area contributed by atoms with Crippen LogP contribution in [0.2, 0.25) is 0 Å². The van der Waals surface area contributed by atoms with Crippen LogP contribution in [0.1, 0.15) is 57.9 Å². The number of aromatic nitrogens is 4. The molecule has 7 heteroatoms. The van der Waals surface area contributed by atoms with Crippen LogP contribution >= 0.6 is 0 Å². The predicted molar refractivity (Wildman–Crippen MR) is 94.4 cm³/mol. The van der Waals surface area contributed by atoms with Gasteiger partial charge in [0.1, 0.15) is 0 Å². The van der Waals surface area contributed by atoms with Crippen molar-refractivity contribution in [3.63, 3.8) is 0 Å². The number of nitrogens with zero attached hydrogens (tertiary/aromatic N) is 5. The SMILES string of the molecule is CC(C)c1noc(CN2CC(Cn3nc(C(C)(C)C)ccc3=O)C2)n1. The average molecular weight is 345 g/mol. The van der Waals surface area contributed by atoms with E-state index in [4.69, 9.17) is 4.52 Å². The minimum atomic E-state index is -0.0623. The second-order valence-corrected chi connectivity index (χ2v) is 8.25. The quantitative estimate of drug-likeness (QED) is 0.827. The minimum absolute atomic E-state index is 0.0371. The van der Waals surface area contributed by atoms with E-state index in [2.05, 4.69) is 40.9 Å². The van der Waals surface area contributed by atoms with Gasteiger partial charge >= 0.3 is 0 Å². The van der Waals surface area contributed by atoms with Crippen molar-refractivity contribution in [1.82, 2.24) is 24.8 Å². The highest BCUT2D eigenvalue weighted by Crippen LogP contribution is 2.21. The van der Waals surface area contributed by atoms with Gasteiger partial charge in [-0.05, 0) is 6.07 Å². The summed E-state index contributed by atoms with van der Waals surface area (Å²) in [5, 5.41) is 8.53. The maximum absolute atomic E-state index is 12.1. The topological polar surface area (TPSA) is 77.0 Å². The zero-order chi connectivity index (χ0) is 18.2. The zero-order valence-corrected chi connectivity index (χ0v) is 15.7. The fraction of sp³-hybridized carbons (Fsp3) is 0.667. The van der Waals surface area contributed by atoms with Gasteiger partial charge in [-0.25, -0.2) is 4.68 Å². The van der Waals surface area contributed by atoms with E-state index in [1.165, 1.54) is 0 Å². The lowest BCUT2D eigenvalue weighted by Gasteiger charge is -2.38. The van der Waals surface area contributed by atoms with Crippen molar-refractivity contribution in [3.05, 3.63) is 39.9 Å². The summed E-state index contributed by atoms with van der Waals surface area (Å²) in [6.45, 7) is 13.5. The molecule has 0 bridgehead atoms. The maximum Gasteiger partial charge on any atom is 0.266 e. The first kappa shape index (κ1) is 17.8. The van der Waals surface area contributed by atoms with Crippen molar-refractivity contribution in [3.8, 4) is 0 Å². The molecular formula is C18H27N5O2. The number of hydrogen-bond donors (Lipinski definition) is 0. The third-order valence-electron chi connectivity index (χ3n) is 4.46. The number of likely N-dealkylation sites (tertiary alicyclic amines) is 1. The molecular weight excluding hydrogens is 318 g/mol. The molecule has 0 N–H and O–H groups in total. The van der Waals surface area contributed by atoms with E-state index >= 15 is 0 Å². The van der Waals surface area contributed by atoms with Crippen molar-refractivity contribution in [2.45, 2.75) is 59.0 Å². The molecule has 1 saturated heterocycles. The van der Waals surface area contributed by atoms with Crippen LogP contribution in [0.15, 0.2) is 21.5 Å². The second-order valence-electron chi connectivity index (χ2n) is 8.25. The van der Waals surface area contributed by atoms with Gasteiger partial charge in [0.25, 0.3) is 5.56 Å². The van der Waals surface area contributed by atoms with Gasteiger partial charge in [-0.2, -0.15) is 10.1 Å². The first-order valence-electron chi connectivity index (χ1n) is 8.86. The smallest absolute Gasteiger partial charge is 0.266 e. The lowest BCUT2D eigenvalue weighted by atomic mass is 9.92. The van der Waals surface area contributed by atoms with Gasteiger partial charge in [0.2, 0.25) is 5.89 Å². The minimum Gasteiger partial charge on any atom is -0.338 e. The summed E-state index contributed by atoms with van der Waals surface area (Å²) in [6.07, 6.45) is 0. The highest BCUT2D eigenvalue weighted by Gasteiger charge is 2.29. The average Bonchev–Trinajstić information content (AvgIpc) is 2.94. The molecule has 3 rings (SSSR count). The second kappa shape index (κ2) is 6.71. The summed E-state index contributed by atoms with van der Waals surface area (Å²) < 4.78 is 6.89. The van der Waals surface area contributed by atoms with E-state index in [-0.39, 0.29) is 16.9 Å². The van der Waals surface area contributed by atoms with Crippen molar-refractivity contribution in [2.24, 2.45) is 5.92 Å². The Bertz CT molecular complexity index is 781. The first-order valence-corrected chi connectivity index (χ1v) is 8.86. The molecule has 0 saturated carbocycles. The molecule has 0 unspecified atom stereocenters. The summed E-state index contributed by atoms with van der Waals surface area (Å²) >= 11 is 0. The van der Waals surface area contributed by atoms with Crippen molar-refractivity contribution in [2.75, 3.05) is 13.1 Å². The molecule has 0 radical (unpaired) electrons. The third kappa shape index (κ3) is 4.15. The van der Waals surface area contributed by atoms with Crippen molar-refractivity contribution < 1.29 is 4.52 Å². The molecule has 0 aliphatic carbocycles. The van der Waals surface area contributed by atoms with Gasteiger partial charge in [0.05, 0.1) is 18.8 Å². The van der Waals surface area contributed by atoms with Gasteiger partial charge in [-0.1, -0.05) is 39.8 Å². The zero-order valence-electron chi connectivity index (χ0n) is 15.7. The summed E-state index contributed by atoms with van der Waals surface area (Å²) in [5.41, 5.74) is 0.841. The monoisotopic (exact) mass is 345 g/mol. The van der Waals surface area contributed by atoms with Crippen LogP contribution in [0, 0.1) is 5.92 Å². The normalized spacial score (nSPS) is 16.4. The predicted octanol–water partition coefficient (Wildman–Crippen LogP) is 2.18. The first-order chi connectivity index (χ1) is 11.7. The number of hydrogen-bond acceptors (Lipinski definition) is 6. The fourth-order valence-corrected chi connectivity index (χ4v) is 2.90.